The molecule has 0 aliphatic heterocycles. The van der Waals surface area contributed by atoms with E-state index in [0.29, 0.717) is 5.69 Å². The number of halogens is 1. The molecule has 0 unspecified atom stereocenters. The summed E-state index contributed by atoms with van der Waals surface area (Å²) < 4.78 is 1.08. The van der Waals surface area contributed by atoms with Gasteiger partial charge in [0.1, 0.15) is 11.3 Å². The Morgan fingerprint density at radius 3 is 1.63 bits per heavy atom. The number of benzene rings is 2. The van der Waals surface area contributed by atoms with Gasteiger partial charge in [-0.3, -0.25) is 0 Å². The number of nitrogens with one attached hydrogen (secondary N) is 4. The van der Waals surface area contributed by atoms with Crippen LogP contribution in [0, 0.1) is 18.4 Å². The predicted molar refractivity (Wildman–Crippen MR) is 172 cm³/mol. The van der Waals surface area contributed by atoms with Crippen LogP contribution >= 0.6 is 15.9 Å². The van der Waals surface area contributed by atoms with E-state index in [1.165, 1.54) is 16.5 Å². The Labute approximate surface area is 266 Å². The van der Waals surface area contributed by atoms with Gasteiger partial charge in [0.25, 0.3) is 0 Å². The molecule has 43 heavy (non-hydrogen) atoms. The number of nitrogens with zero attached hydrogens (tertiary/aromatic N) is 4. The van der Waals surface area contributed by atoms with Crippen molar-refractivity contribution in [3.05, 3.63) is 120 Å². The van der Waals surface area contributed by atoms with E-state index in [4.69, 9.17) is 18.4 Å². The fourth-order valence-corrected chi connectivity index (χ4v) is 5.44. The fourth-order valence-electron chi connectivity index (χ4n) is 5.07. The third-order valence-corrected chi connectivity index (χ3v) is 7.41. The average molecular weight is 676 g/mol. The molecule has 2 aromatic carbocycles. The summed E-state index contributed by atoms with van der Waals surface area (Å²) in [6.45, 7) is 11.9. The molecule has 0 aliphatic rings. The molecule has 6 heterocycles. The molecule has 0 fully saturated rings. The summed E-state index contributed by atoms with van der Waals surface area (Å²) in [7, 11) is 0. The molecule has 0 radical (unpaired) electrons. The number of hydrogen-bond donors (Lipinski definition) is 4. The summed E-state index contributed by atoms with van der Waals surface area (Å²) in [5.41, 5.74) is 9.16. The first-order valence-electron chi connectivity index (χ1n) is 12.5. The Morgan fingerprint density at radius 2 is 1.09 bits per heavy atom. The van der Waals surface area contributed by atoms with E-state index in [9.17, 15) is 0 Å². The van der Waals surface area contributed by atoms with Gasteiger partial charge < -0.3 is 31.8 Å². The van der Waals surface area contributed by atoms with Gasteiger partial charge >= 0.3 is 17.1 Å². The molecular weight excluding hydrogens is 652 g/mol. The molecule has 8 nitrogen and oxygen atoms in total. The van der Waals surface area contributed by atoms with Gasteiger partial charge in [-0.1, -0.05) is 29.4 Å². The molecule has 8 aromatic rings. The van der Waals surface area contributed by atoms with Crippen molar-refractivity contribution >= 4 is 65.5 Å². The Hall–Kier alpha value is -5.12. The Kier molecular flexibility index (Phi) is 9.49. The van der Waals surface area contributed by atoms with Crippen LogP contribution in [0.15, 0.2) is 102 Å². The summed E-state index contributed by atoms with van der Waals surface area (Å²) >= 11 is 3.53. The largest absolute Gasteiger partial charge is 1.00 e. The normalized spacial score (nSPS) is 10.2. The minimum absolute atomic E-state index is 0. The van der Waals surface area contributed by atoms with Gasteiger partial charge in [0.15, 0.2) is 5.69 Å². The molecule has 6 aromatic heterocycles. The fraction of sp³-hybridized carbons (Fsp3) is 0.0303. The van der Waals surface area contributed by atoms with Gasteiger partial charge in [0, 0.05) is 91.1 Å². The molecule has 0 amide bonds. The maximum atomic E-state index is 7.15. The molecular formula is C33H24BrCuN8. The van der Waals surface area contributed by atoms with Crippen LogP contribution in [-0.4, -0.2) is 29.9 Å². The van der Waals surface area contributed by atoms with Gasteiger partial charge in [0.2, 0.25) is 0 Å². The summed E-state index contributed by atoms with van der Waals surface area (Å²) in [6.07, 6.45) is 11.6. The molecule has 0 spiro atoms. The number of aromatic amines is 4. The van der Waals surface area contributed by atoms with Crippen LogP contribution in [-0.2, 0) is 17.1 Å². The second-order valence-corrected chi connectivity index (χ2v) is 10.1. The van der Waals surface area contributed by atoms with Crippen molar-refractivity contribution in [1.82, 2.24) is 29.9 Å². The molecule has 0 atom stereocenters. The average Bonchev–Trinajstić information content (AvgIpc) is 3.82. The summed E-state index contributed by atoms with van der Waals surface area (Å²) in [5.74, 6) is 0. The Bertz CT molecular complexity index is 2230. The van der Waals surface area contributed by atoms with Gasteiger partial charge in [0.05, 0.1) is 6.57 Å². The van der Waals surface area contributed by atoms with Crippen molar-refractivity contribution < 1.29 is 17.1 Å². The van der Waals surface area contributed by atoms with Gasteiger partial charge in [-0.2, -0.15) is 0 Å². The third kappa shape index (κ3) is 5.68. The molecule has 10 heteroatoms. The molecule has 0 saturated heterocycles. The Balaban J connectivity index is 0.000000179. The van der Waals surface area contributed by atoms with Crippen molar-refractivity contribution in [2.24, 2.45) is 0 Å². The van der Waals surface area contributed by atoms with Gasteiger partial charge in [-0.25, -0.2) is 14.8 Å². The number of pyridine rings is 2. The number of rotatable bonds is 2. The van der Waals surface area contributed by atoms with E-state index in [0.717, 1.165) is 54.1 Å². The van der Waals surface area contributed by atoms with Crippen LogP contribution in [0.3, 0.4) is 0 Å². The molecule has 0 bridgehead atoms. The van der Waals surface area contributed by atoms with E-state index in [-0.39, 0.29) is 24.5 Å². The first-order chi connectivity index (χ1) is 20.2. The maximum absolute atomic E-state index is 7.15. The topological polar surface area (TPSA) is 117 Å². The van der Waals surface area contributed by atoms with E-state index < -0.39 is 0 Å². The molecule has 0 aliphatic carbocycles. The first-order valence-corrected chi connectivity index (χ1v) is 13.3. The van der Waals surface area contributed by atoms with Crippen molar-refractivity contribution in [3.8, 4) is 22.3 Å². The summed E-state index contributed by atoms with van der Waals surface area (Å²) in [6, 6.07) is 20.0. The summed E-state index contributed by atoms with van der Waals surface area (Å²) in [4.78, 5) is 25.1. The Morgan fingerprint density at radius 1 is 0.628 bits per heavy atom. The van der Waals surface area contributed by atoms with Crippen molar-refractivity contribution in [3.63, 3.8) is 0 Å². The molecule has 214 valence electrons. The van der Waals surface area contributed by atoms with Crippen LogP contribution in [0.4, 0.5) is 5.69 Å². The van der Waals surface area contributed by atoms with E-state index in [2.05, 4.69) is 68.9 Å². The molecule has 4 N–H and O–H groups in total. The minimum Gasteiger partial charge on any atom is -0.512 e. The summed E-state index contributed by atoms with van der Waals surface area (Å²) in [5, 5.41) is 10.7. The maximum Gasteiger partial charge on any atom is 1.00 e. The molecule has 8 rings (SSSR count). The van der Waals surface area contributed by atoms with E-state index >= 15 is 0 Å². The number of H-pyrrole nitrogens is 4. The van der Waals surface area contributed by atoms with Crippen LogP contribution in [0.25, 0.3) is 71.0 Å². The molecule has 0 saturated carbocycles. The van der Waals surface area contributed by atoms with Crippen molar-refractivity contribution in [2.75, 3.05) is 0 Å². The number of fused-ring (bicyclic) bond motifs is 4. The minimum atomic E-state index is 0. The van der Waals surface area contributed by atoms with Gasteiger partial charge in [-0.05, 0) is 60.0 Å². The quantitative estimate of drug-likeness (QED) is 0.108. The van der Waals surface area contributed by atoms with E-state index in [1.54, 1.807) is 12.4 Å². The number of hydrogen-bond acceptors (Lipinski definition) is 3. The predicted octanol–water partition coefficient (Wildman–Crippen LogP) is 9.47. The first kappa shape index (κ1) is 30.8. The van der Waals surface area contributed by atoms with Crippen LogP contribution in [0.1, 0.15) is 7.43 Å². The van der Waals surface area contributed by atoms with Gasteiger partial charge in [-0.15, -0.1) is 0 Å². The zero-order valence-electron chi connectivity index (χ0n) is 21.7. The zero-order chi connectivity index (χ0) is 28.3. The third-order valence-electron chi connectivity index (χ3n) is 6.92. The van der Waals surface area contributed by atoms with Crippen molar-refractivity contribution in [1.29, 1.82) is 5.26 Å². The van der Waals surface area contributed by atoms with Crippen molar-refractivity contribution in [2.45, 2.75) is 7.43 Å². The second kappa shape index (κ2) is 13.2. The van der Waals surface area contributed by atoms with E-state index in [1.807, 2.05) is 67.3 Å². The second-order valence-electron chi connectivity index (χ2n) is 9.14. The van der Waals surface area contributed by atoms with Crippen LogP contribution in [0.5, 0.6) is 0 Å². The SMILES string of the molecule is Brc1ccc2[nH]cc(-c3c[nH]c4ncccc34)c2c1.C.[C-]#N.[C-]#[N+]c1ccc2[nH]cc(-c3c[nH]c4ncccc34)c2c1.[Cu+]. The standard InChI is InChI=1S/C16H10N4.C15H10BrN3.CN.CH4.Cu/c1-17-10-4-5-15-12(7-10)14(8-19-15)13-9-20-16-11(13)3-2-6-18-16;16-9-3-4-14-11(6-9)13(7-18-14)12-8-19-15-10(12)2-1-5-17-15;1-2;;/h2-9,19H,(H,18,20);1-8,18H,(H,17,19);;1H4;/q;;-1;;+1. The monoisotopic (exact) mass is 674 g/mol. The van der Waals surface area contributed by atoms with Crippen LogP contribution < -0.4 is 0 Å². The number of aromatic nitrogens is 6. The zero-order valence-corrected chi connectivity index (χ0v) is 24.2. The van der Waals surface area contributed by atoms with Crippen LogP contribution in [0.2, 0.25) is 0 Å². The smallest absolute Gasteiger partial charge is 0.512 e.